The lowest BCUT2D eigenvalue weighted by atomic mass is 9.74. The van der Waals surface area contributed by atoms with Gasteiger partial charge in [-0.05, 0) is 37.8 Å². The van der Waals surface area contributed by atoms with Crippen LogP contribution in [0.5, 0.6) is 0 Å². The zero-order valence-electron chi connectivity index (χ0n) is 16.7. The molecule has 1 saturated heterocycles. The number of rotatable bonds is 7. The molecule has 0 saturated carbocycles. The van der Waals surface area contributed by atoms with Crippen LogP contribution in [-0.2, 0) is 20.0 Å². The van der Waals surface area contributed by atoms with Crippen LogP contribution in [0.1, 0.15) is 31.7 Å². The van der Waals surface area contributed by atoms with Gasteiger partial charge >= 0.3 is 0 Å². The molecule has 2 N–H and O–H groups in total. The number of hydrogen-bond acceptors (Lipinski definition) is 4. The third-order valence-electron chi connectivity index (χ3n) is 5.02. The van der Waals surface area contributed by atoms with Crippen LogP contribution < -0.4 is 10.6 Å². The molecule has 0 spiro atoms. The molecular weight excluding hydrogens is 513 g/mol. The standard InChI is InChI=1S/C19H30ClN3O3S.HI/c1-15(8-13-27(3,24)25)23-18(21-2)22-14-19(9-11-26-12-10-19)16-6-4-5-7-17(16)20;/h4-7,15H,8-14H2,1-3H3,(H2,21,22,23);1H. The Morgan fingerprint density at radius 2 is 1.96 bits per heavy atom. The minimum Gasteiger partial charge on any atom is -0.381 e. The van der Waals surface area contributed by atoms with Gasteiger partial charge in [-0.1, -0.05) is 29.8 Å². The first-order valence-corrected chi connectivity index (χ1v) is 11.7. The summed E-state index contributed by atoms with van der Waals surface area (Å²) in [7, 11) is -1.26. The Balaban J connectivity index is 0.00000392. The molecule has 0 aromatic heterocycles. The van der Waals surface area contributed by atoms with E-state index in [-0.39, 0.29) is 41.2 Å². The SMILES string of the molecule is CN=C(NCC1(c2ccccc2Cl)CCOCC1)NC(C)CCS(C)(=O)=O.I. The predicted molar refractivity (Wildman–Crippen MR) is 127 cm³/mol. The van der Waals surface area contributed by atoms with Crippen LogP contribution in [0.25, 0.3) is 0 Å². The van der Waals surface area contributed by atoms with E-state index >= 15 is 0 Å². The van der Waals surface area contributed by atoms with Crippen LogP contribution in [0.3, 0.4) is 0 Å². The Kier molecular flexibility index (Phi) is 10.5. The fourth-order valence-corrected chi connectivity index (χ4v) is 4.46. The molecule has 1 unspecified atom stereocenters. The van der Waals surface area contributed by atoms with E-state index in [1.807, 2.05) is 25.1 Å². The van der Waals surface area contributed by atoms with E-state index in [9.17, 15) is 8.42 Å². The minimum atomic E-state index is -2.97. The van der Waals surface area contributed by atoms with Crippen LogP contribution in [0, 0.1) is 0 Å². The molecule has 2 rings (SSSR count). The Labute approximate surface area is 190 Å². The van der Waals surface area contributed by atoms with Crippen molar-refractivity contribution in [3.05, 3.63) is 34.9 Å². The lowest BCUT2D eigenvalue weighted by Gasteiger charge is -2.39. The van der Waals surface area contributed by atoms with E-state index in [1.54, 1.807) is 7.05 Å². The van der Waals surface area contributed by atoms with Crippen molar-refractivity contribution in [1.29, 1.82) is 0 Å². The van der Waals surface area contributed by atoms with Gasteiger partial charge in [-0.15, -0.1) is 24.0 Å². The zero-order valence-corrected chi connectivity index (χ0v) is 20.6. The summed E-state index contributed by atoms with van der Waals surface area (Å²) in [6.45, 7) is 4.03. The third kappa shape index (κ3) is 7.68. The maximum absolute atomic E-state index is 11.4. The summed E-state index contributed by atoms with van der Waals surface area (Å²) in [5.41, 5.74) is 1.01. The fourth-order valence-electron chi connectivity index (χ4n) is 3.34. The average Bonchev–Trinajstić information content (AvgIpc) is 2.64. The predicted octanol–water partition coefficient (Wildman–Crippen LogP) is 2.99. The largest absolute Gasteiger partial charge is 0.381 e. The highest BCUT2D eigenvalue weighted by Gasteiger charge is 2.36. The smallest absolute Gasteiger partial charge is 0.191 e. The number of hydrogen-bond donors (Lipinski definition) is 2. The maximum atomic E-state index is 11.4. The summed E-state index contributed by atoms with van der Waals surface area (Å²) in [5.74, 6) is 0.813. The number of nitrogens with zero attached hydrogens (tertiary/aromatic N) is 1. The van der Waals surface area contributed by atoms with Crippen LogP contribution in [0.15, 0.2) is 29.3 Å². The van der Waals surface area contributed by atoms with Crippen molar-refractivity contribution in [2.45, 2.75) is 37.6 Å². The number of ether oxygens (including phenoxy) is 1. The van der Waals surface area contributed by atoms with Crippen molar-refractivity contribution in [1.82, 2.24) is 10.6 Å². The molecule has 1 aromatic rings. The van der Waals surface area contributed by atoms with Crippen molar-refractivity contribution < 1.29 is 13.2 Å². The van der Waals surface area contributed by atoms with Crippen LogP contribution in [0.2, 0.25) is 5.02 Å². The Morgan fingerprint density at radius 1 is 1.32 bits per heavy atom. The molecule has 0 bridgehead atoms. The Bertz CT molecular complexity index is 753. The summed E-state index contributed by atoms with van der Waals surface area (Å²) in [4.78, 5) is 4.28. The molecule has 0 amide bonds. The van der Waals surface area contributed by atoms with Gasteiger partial charge in [0, 0.05) is 49.5 Å². The molecule has 1 heterocycles. The first kappa shape index (κ1) is 25.5. The molecule has 1 atom stereocenters. The first-order valence-electron chi connectivity index (χ1n) is 9.23. The summed E-state index contributed by atoms with van der Waals surface area (Å²) in [6, 6.07) is 7.96. The highest BCUT2D eigenvalue weighted by atomic mass is 127. The van der Waals surface area contributed by atoms with Crippen LogP contribution in [-0.4, -0.2) is 59.2 Å². The molecule has 0 aliphatic carbocycles. The fraction of sp³-hybridized carbons (Fsp3) is 0.632. The van der Waals surface area contributed by atoms with Crippen molar-refractivity contribution in [2.75, 3.05) is 38.8 Å². The van der Waals surface area contributed by atoms with E-state index in [0.717, 1.165) is 23.4 Å². The van der Waals surface area contributed by atoms with Crippen molar-refractivity contribution >= 4 is 51.4 Å². The Hall–Kier alpha value is -0.580. The molecule has 1 aliphatic heterocycles. The van der Waals surface area contributed by atoms with Crippen LogP contribution >= 0.6 is 35.6 Å². The molecule has 6 nitrogen and oxygen atoms in total. The number of guanidine groups is 1. The van der Waals surface area contributed by atoms with E-state index < -0.39 is 9.84 Å². The van der Waals surface area contributed by atoms with Gasteiger partial charge in [-0.25, -0.2) is 8.42 Å². The summed E-state index contributed by atoms with van der Waals surface area (Å²) in [6.07, 6.45) is 3.54. The Morgan fingerprint density at radius 3 is 2.54 bits per heavy atom. The first-order chi connectivity index (χ1) is 12.8. The van der Waals surface area contributed by atoms with Crippen molar-refractivity contribution in [3.8, 4) is 0 Å². The van der Waals surface area contributed by atoms with Gasteiger partial charge in [0.2, 0.25) is 0 Å². The van der Waals surface area contributed by atoms with E-state index in [4.69, 9.17) is 16.3 Å². The van der Waals surface area contributed by atoms with Gasteiger partial charge in [0.05, 0.1) is 5.75 Å². The lowest BCUT2D eigenvalue weighted by molar-refractivity contribution is 0.0514. The molecular formula is C19H31ClIN3O3S. The average molecular weight is 544 g/mol. The van der Waals surface area contributed by atoms with Crippen LogP contribution in [0.4, 0.5) is 0 Å². The van der Waals surface area contributed by atoms with E-state index in [1.165, 1.54) is 6.26 Å². The second kappa shape index (κ2) is 11.6. The third-order valence-corrected chi connectivity index (χ3v) is 6.32. The van der Waals surface area contributed by atoms with Crippen molar-refractivity contribution in [2.24, 2.45) is 4.99 Å². The quantitative estimate of drug-likeness (QED) is 0.314. The van der Waals surface area contributed by atoms with E-state index in [2.05, 4.69) is 21.7 Å². The molecule has 1 fully saturated rings. The minimum absolute atomic E-state index is 0. The molecule has 1 aliphatic rings. The molecule has 9 heteroatoms. The monoisotopic (exact) mass is 543 g/mol. The normalized spacial score (nSPS) is 18.1. The van der Waals surface area contributed by atoms with Gasteiger partial charge < -0.3 is 15.4 Å². The van der Waals surface area contributed by atoms with Gasteiger partial charge in [0.25, 0.3) is 0 Å². The maximum Gasteiger partial charge on any atom is 0.191 e. The zero-order chi connectivity index (χ0) is 19.9. The molecule has 28 heavy (non-hydrogen) atoms. The van der Waals surface area contributed by atoms with Gasteiger partial charge in [-0.2, -0.15) is 0 Å². The summed E-state index contributed by atoms with van der Waals surface area (Å²) in [5, 5.41) is 7.45. The topological polar surface area (TPSA) is 79.8 Å². The second-order valence-electron chi connectivity index (χ2n) is 7.26. The van der Waals surface area contributed by atoms with E-state index in [0.29, 0.717) is 32.1 Å². The summed E-state index contributed by atoms with van der Waals surface area (Å²) >= 11 is 6.49. The number of aliphatic imine (C=N–C) groups is 1. The van der Waals surface area contributed by atoms with Gasteiger partial charge in [0.1, 0.15) is 9.84 Å². The number of nitrogens with one attached hydrogen (secondary N) is 2. The lowest BCUT2D eigenvalue weighted by Crippen LogP contribution is -2.50. The summed E-state index contributed by atoms with van der Waals surface area (Å²) < 4.78 is 28.3. The molecule has 1 aromatic carbocycles. The highest BCUT2D eigenvalue weighted by Crippen LogP contribution is 2.38. The molecule has 160 valence electrons. The number of sulfone groups is 1. The van der Waals surface area contributed by atoms with Crippen molar-refractivity contribution in [3.63, 3.8) is 0 Å². The second-order valence-corrected chi connectivity index (χ2v) is 9.93. The highest BCUT2D eigenvalue weighted by molar-refractivity contribution is 14.0. The van der Waals surface area contributed by atoms with Gasteiger partial charge in [0.15, 0.2) is 5.96 Å². The van der Waals surface area contributed by atoms with Gasteiger partial charge in [-0.3, -0.25) is 4.99 Å². The number of halogens is 2. The number of benzene rings is 1. The molecule has 0 radical (unpaired) electrons.